The number of aryl methyl sites for hydroxylation is 1. The molecule has 0 fully saturated rings. The van der Waals surface area contributed by atoms with Gasteiger partial charge in [0.1, 0.15) is 5.75 Å². The van der Waals surface area contributed by atoms with Gasteiger partial charge in [0.25, 0.3) is 10.0 Å². The summed E-state index contributed by atoms with van der Waals surface area (Å²) in [5.41, 5.74) is 0.651. The minimum Gasteiger partial charge on any atom is -0.496 e. The number of esters is 1. The second-order valence-corrected chi connectivity index (χ2v) is 7.16. The third-order valence-corrected chi connectivity index (χ3v) is 5.21. The summed E-state index contributed by atoms with van der Waals surface area (Å²) in [5, 5.41) is 0. The molecule has 0 unspecified atom stereocenters. The van der Waals surface area contributed by atoms with E-state index < -0.39 is 16.0 Å². The molecule has 27 heavy (non-hydrogen) atoms. The molecule has 146 valence electrons. The van der Waals surface area contributed by atoms with Crippen LogP contribution in [0.15, 0.2) is 35.2 Å². The highest BCUT2D eigenvalue weighted by Gasteiger charge is 2.23. The fourth-order valence-electron chi connectivity index (χ4n) is 2.46. The molecule has 1 N–H and O–H groups in total. The Bertz CT molecular complexity index is 954. The van der Waals surface area contributed by atoms with Gasteiger partial charge in [-0.25, -0.2) is 13.2 Å². The maximum Gasteiger partial charge on any atom is 0.340 e. The van der Waals surface area contributed by atoms with Gasteiger partial charge in [0.2, 0.25) is 0 Å². The number of hydrogen-bond acceptors (Lipinski definition) is 7. The Morgan fingerprint density at radius 3 is 2.00 bits per heavy atom. The minimum absolute atomic E-state index is 0.00738. The molecular weight excluding hydrogens is 374 g/mol. The molecule has 0 aromatic heterocycles. The lowest BCUT2D eigenvalue weighted by Crippen LogP contribution is -2.16. The summed E-state index contributed by atoms with van der Waals surface area (Å²) in [6, 6.07) is 7.15. The number of sulfonamides is 1. The number of rotatable bonds is 7. The van der Waals surface area contributed by atoms with Crippen LogP contribution < -0.4 is 18.9 Å². The highest BCUT2D eigenvalue weighted by molar-refractivity contribution is 7.92. The van der Waals surface area contributed by atoms with Crippen molar-refractivity contribution in [2.24, 2.45) is 0 Å². The van der Waals surface area contributed by atoms with Crippen LogP contribution in [0.5, 0.6) is 17.2 Å². The first-order valence-corrected chi connectivity index (χ1v) is 9.27. The number of benzene rings is 2. The molecule has 0 aliphatic heterocycles. The molecule has 0 saturated heterocycles. The van der Waals surface area contributed by atoms with Crippen LogP contribution >= 0.6 is 0 Å². The highest BCUT2D eigenvalue weighted by atomic mass is 32.2. The van der Waals surface area contributed by atoms with Crippen LogP contribution in [0.3, 0.4) is 0 Å². The Morgan fingerprint density at radius 1 is 0.889 bits per heavy atom. The second-order valence-electron chi connectivity index (χ2n) is 5.48. The van der Waals surface area contributed by atoms with E-state index in [-0.39, 0.29) is 27.6 Å². The third kappa shape index (κ3) is 4.25. The normalized spacial score (nSPS) is 10.9. The summed E-state index contributed by atoms with van der Waals surface area (Å²) < 4.78 is 48.2. The highest BCUT2D eigenvalue weighted by Crippen LogP contribution is 2.35. The van der Waals surface area contributed by atoms with E-state index in [9.17, 15) is 13.2 Å². The zero-order chi connectivity index (χ0) is 20.2. The van der Waals surface area contributed by atoms with Gasteiger partial charge in [-0.3, -0.25) is 4.72 Å². The molecule has 2 aromatic carbocycles. The number of carbonyl (C=O) groups excluding carboxylic acids is 1. The van der Waals surface area contributed by atoms with Crippen molar-refractivity contribution < 1.29 is 32.2 Å². The van der Waals surface area contributed by atoms with E-state index >= 15 is 0 Å². The first-order chi connectivity index (χ1) is 12.8. The summed E-state index contributed by atoms with van der Waals surface area (Å²) >= 11 is 0. The molecule has 0 amide bonds. The van der Waals surface area contributed by atoms with E-state index in [1.54, 1.807) is 13.0 Å². The van der Waals surface area contributed by atoms with Crippen molar-refractivity contribution in [3.05, 3.63) is 41.5 Å². The van der Waals surface area contributed by atoms with E-state index in [2.05, 4.69) is 4.72 Å². The molecular formula is C18H21NO7S. The summed E-state index contributed by atoms with van der Waals surface area (Å²) in [6.45, 7) is 1.73. The molecule has 0 saturated carbocycles. The van der Waals surface area contributed by atoms with Gasteiger partial charge >= 0.3 is 5.97 Å². The van der Waals surface area contributed by atoms with Crippen molar-refractivity contribution in [1.82, 2.24) is 0 Å². The zero-order valence-electron chi connectivity index (χ0n) is 15.7. The van der Waals surface area contributed by atoms with Gasteiger partial charge in [-0.15, -0.1) is 0 Å². The number of hydrogen-bond donors (Lipinski definition) is 1. The lowest BCUT2D eigenvalue weighted by atomic mass is 10.1. The van der Waals surface area contributed by atoms with E-state index in [4.69, 9.17) is 18.9 Å². The Hall–Kier alpha value is -2.94. The zero-order valence-corrected chi connectivity index (χ0v) is 16.5. The lowest BCUT2D eigenvalue weighted by molar-refractivity contribution is 0.0601. The molecule has 0 radical (unpaired) electrons. The van der Waals surface area contributed by atoms with Gasteiger partial charge in [0.05, 0.1) is 44.6 Å². The van der Waals surface area contributed by atoms with E-state index in [1.807, 2.05) is 0 Å². The molecule has 9 heteroatoms. The SMILES string of the molecule is COC(=O)c1cc(OC)c(OC)cc1NS(=O)(=O)c1ccc(OC)c(C)c1. The first kappa shape index (κ1) is 20.4. The Balaban J connectivity index is 2.53. The fraction of sp³-hybridized carbons (Fsp3) is 0.278. The number of anilines is 1. The fourth-order valence-corrected chi connectivity index (χ4v) is 3.62. The van der Waals surface area contributed by atoms with Crippen molar-refractivity contribution in [2.45, 2.75) is 11.8 Å². The smallest absolute Gasteiger partial charge is 0.340 e. The Kier molecular flexibility index (Phi) is 6.17. The van der Waals surface area contributed by atoms with Crippen molar-refractivity contribution >= 4 is 21.7 Å². The molecule has 0 heterocycles. The molecule has 0 spiro atoms. The van der Waals surface area contributed by atoms with Gasteiger partial charge in [0.15, 0.2) is 11.5 Å². The Labute approximate surface area is 158 Å². The quantitative estimate of drug-likeness (QED) is 0.719. The van der Waals surface area contributed by atoms with Gasteiger partial charge < -0.3 is 18.9 Å². The lowest BCUT2D eigenvalue weighted by Gasteiger charge is -2.16. The van der Waals surface area contributed by atoms with Crippen LogP contribution in [0.1, 0.15) is 15.9 Å². The van der Waals surface area contributed by atoms with Gasteiger partial charge in [-0.2, -0.15) is 0 Å². The van der Waals surface area contributed by atoms with Crippen LogP contribution in [0.2, 0.25) is 0 Å². The molecule has 0 aliphatic carbocycles. The maximum absolute atomic E-state index is 12.8. The molecule has 0 bridgehead atoms. The number of nitrogens with one attached hydrogen (secondary N) is 1. The topological polar surface area (TPSA) is 100 Å². The van der Waals surface area contributed by atoms with Crippen molar-refractivity contribution in [3.8, 4) is 17.2 Å². The standard InChI is InChI=1S/C18H21NO7S/c1-11-8-12(6-7-15(11)23-2)27(21,22)19-14-10-17(25-4)16(24-3)9-13(14)18(20)26-5/h6-10,19H,1-5H3. The predicted octanol–water partition coefficient (Wildman–Crippen LogP) is 2.61. The van der Waals surface area contributed by atoms with Crippen molar-refractivity contribution in [3.63, 3.8) is 0 Å². The number of ether oxygens (including phenoxy) is 4. The van der Waals surface area contributed by atoms with E-state index in [0.29, 0.717) is 11.3 Å². The molecule has 2 rings (SSSR count). The van der Waals surface area contributed by atoms with Gasteiger partial charge in [0, 0.05) is 12.1 Å². The van der Waals surface area contributed by atoms with Crippen LogP contribution in [-0.2, 0) is 14.8 Å². The van der Waals surface area contributed by atoms with Gasteiger partial charge in [-0.1, -0.05) is 0 Å². The molecule has 0 aliphatic rings. The first-order valence-electron chi connectivity index (χ1n) is 7.79. The average molecular weight is 395 g/mol. The van der Waals surface area contributed by atoms with Crippen molar-refractivity contribution in [1.29, 1.82) is 0 Å². The number of carbonyl (C=O) groups is 1. The summed E-state index contributed by atoms with van der Waals surface area (Å²) in [4.78, 5) is 12.1. The van der Waals surface area contributed by atoms with Crippen molar-refractivity contribution in [2.75, 3.05) is 33.2 Å². The summed E-state index contributed by atoms with van der Waals surface area (Å²) in [6.07, 6.45) is 0. The van der Waals surface area contributed by atoms with E-state index in [0.717, 1.165) is 0 Å². The van der Waals surface area contributed by atoms with Crippen LogP contribution in [0, 0.1) is 6.92 Å². The maximum atomic E-state index is 12.8. The monoisotopic (exact) mass is 395 g/mol. The summed E-state index contributed by atoms with van der Waals surface area (Å²) in [7, 11) is 1.53. The van der Waals surface area contributed by atoms with Crippen LogP contribution in [-0.4, -0.2) is 42.8 Å². The molecule has 0 atom stereocenters. The predicted molar refractivity (Wildman–Crippen MR) is 99.4 cm³/mol. The molecule has 2 aromatic rings. The molecule has 8 nitrogen and oxygen atoms in total. The number of methoxy groups -OCH3 is 4. The Morgan fingerprint density at radius 2 is 1.48 bits per heavy atom. The van der Waals surface area contributed by atoms with Crippen LogP contribution in [0.4, 0.5) is 5.69 Å². The van der Waals surface area contributed by atoms with Gasteiger partial charge in [-0.05, 0) is 30.7 Å². The third-order valence-electron chi connectivity index (χ3n) is 3.85. The minimum atomic E-state index is -3.98. The second kappa shape index (κ2) is 8.17. The largest absolute Gasteiger partial charge is 0.496 e. The summed E-state index contributed by atoms with van der Waals surface area (Å²) in [5.74, 6) is 0.366. The van der Waals surface area contributed by atoms with E-state index in [1.165, 1.54) is 52.7 Å². The van der Waals surface area contributed by atoms with Crippen LogP contribution in [0.25, 0.3) is 0 Å². The average Bonchev–Trinajstić information content (AvgIpc) is 2.66.